The summed E-state index contributed by atoms with van der Waals surface area (Å²) < 4.78 is 0. The molecule has 4 N–H and O–H groups in total. The fourth-order valence-electron chi connectivity index (χ4n) is 4.98. The summed E-state index contributed by atoms with van der Waals surface area (Å²) in [5.41, 5.74) is 9.86. The van der Waals surface area contributed by atoms with Gasteiger partial charge < -0.3 is 26.0 Å². The van der Waals surface area contributed by atoms with Crippen molar-refractivity contribution in [3.05, 3.63) is 58.1 Å². The predicted molar refractivity (Wildman–Crippen MR) is 136 cm³/mol. The van der Waals surface area contributed by atoms with Crippen molar-refractivity contribution in [1.82, 2.24) is 9.80 Å². The van der Waals surface area contributed by atoms with Gasteiger partial charge in [-0.25, -0.2) is 4.79 Å². The average Bonchev–Trinajstić information content (AvgIpc) is 3.00. The summed E-state index contributed by atoms with van der Waals surface area (Å²) in [7, 11) is 0. The molecule has 3 amide bonds. The molecule has 1 fully saturated rings. The number of aryl methyl sites for hydroxylation is 1. The van der Waals surface area contributed by atoms with Crippen LogP contribution in [0.2, 0.25) is 5.02 Å². The van der Waals surface area contributed by atoms with E-state index in [0.29, 0.717) is 43.2 Å². The van der Waals surface area contributed by atoms with Crippen molar-refractivity contribution in [2.75, 3.05) is 30.7 Å². The van der Waals surface area contributed by atoms with Crippen LogP contribution in [0.3, 0.4) is 0 Å². The largest absolute Gasteiger partial charge is 0.481 e. The Morgan fingerprint density at radius 2 is 1.91 bits per heavy atom. The van der Waals surface area contributed by atoms with Crippen LogP contribution in [0, 0.1) is 12.8 Å². The van der Waals surface area contributed by atoms with Gasteiger partial charge in [-0.1, -0.05) is 35.9 Å². The van der Waals surface area contributed by atoms with Gasteiger partial charge in [-0.2, -0.15) is 0 Å². The highest BCUT2D eigenvalue weighted by molar-refractivity contribution is 6.33. The molecule has 0 aliphatic carbocycles. The molecule has 2 aromatic rings. The van der Waals surface area contributed by atoms with E-state index in [1.165, 1.54) is 0 Å². The summed E-state index contributed by atoms with van der Waals surface area (Å²) in [5, 5.41) is 13.1. The summed E-state index contributed by atoms with van der Waals surface area (Å²) in [6, 6.07) is 11.2. The summed E-state index contributed by atoms with van der Waals surface area (Å²) in [6.45, 7) is 3.45. The molecule has 9 heteroatoms. The number of nitrogens with two attached hydrogens (primary N) is 1. The van der Waals surface area contributed by atoms with Crippen LogP contribution in [0.25, 0.3) is 0 Å². The fourth-order valence-corrected chi connectivity index (χ4v) is 5.27. The lowest BCUT2D eigenvalue weighted by Gasteiger charge is -2.38. The van der Waals surface area contributed by atoms with Crippen molar-refractivity contribution in [2.45, 2.75) is 45.1 Å². The van der Waals surface area contributed by atoms with Gasteiger partial charge in [-0.15, -0.1) is 0 Å². The van der Waals surface area contributed by atoms with Crippen LogP contribution >= 0.6 is 11.6 Å². The number of nitrogen functional groups attached to an aromatic ring is 1. The average molecular weight is 499 g/mol. The Morgan fingerprint density at radius 1 is 1.20 bits per heavy atom. The maximum atomic E-state index is 13.0. The lowest BCUT2D eigenvalue weighted by molar-refractivity contribution is -0.146. The maximum Gasteiger partial charge on any atom is 0.322 e. The minimum absolute atomic E-state index is 0.0449. The van der Waals surface area contributed by atoms with Gasteiger partial charge in [-0.05, 0) is 61.4 Å². The minimum atomic E-state index is -1.01. The number of halogens is 1. The summed E-state index contributed by atoms with van der Waals surface area (Å²) in [6.07, 6.45) is 2.23. The molecule has 2 aromatic carbocycles. The first kappa shape index (κ1) is 24.9. The number of aliphatic carboxylic acids is 1. The normalized spacial score (nSPS) is 17.4. The van der Waals surface area contributed by atoms with Crippen molar-refractivity contribution in [1.29, 1.82) is 0 Å². The molecule has 4 rings (SSSR count). The molecule has 2 aliphatic heterocycles. The summed E-state index contributed by atoms with van der Waals surface area (Å²) >= 11 is 6.15. The molecule has 0 saturated carbocycles. The van der Waals surface area contributed by atoms with Gasteiger partial charge in [0.2, 0.25) is 5.91 Å². The molecule has 0 bridgehead atoms. The van der Waals surface area contributed by atoms with E-state index in [1.54, 1.807) is 11.0 Å². The summed E-state index contributed by atoms with van der Waals surface area (Å²) in [5.74, 6) is -2.05. The highest BCUT2D eigenvalue weighted by Crippen LogP contribution is 2.28. The van der Waals surface area contributed by atoms with Gasteiger partial charge in [0.25, 0.3) is 0 Å². The fraction of sp³-hybridized carbons (Fsp3) is 0.423. The number of hydrogen-bond acceptors (Lipinski definition) is 4. The Bertz CT molecular complexity index is 1110. The molecule has 0 spiro atoms. The molecule has 8 nitrogen and oxygen atoms in total. The van der Waals surface area contributed by atoms with E-state index >= 15 is 0 Å². The number of rotatable bonds is 6. The molecule has 2 heterocycles. The van der Waals surface area contributed by atoms with Gasteiger partial charge in [0.1, 0.15) is 0 Å². The number of likely N-dealkylation sites (tertiary alicyclic amines) is 1. The molecule has 1 saturated heterocycles. The quantitative estimate of drug-likeness (QED) is 0.521. The third-order valence-corrected chi connectivity index (χ3v) is 7.36. The molecular formula is C26H31ClN4O4. The Balaban J connectivity index is 1.33. The first-order valence-electron chi connectivity index (χ1n) is 11.9. The third kappa shape index (κ3) is 5.70. The zero-order valence-electron chi connectivity index (χ0n) is 19.8. The Hall–Kier alpha value is -3.26. The second-order valence-corrected chi connectivity index (χ2v) is 9.80. The molecule has 35 heavy (non-hydrogen) atoms. The standard InChI is InChI=1S/C26H31ClN4O4/c1-16-12-17(14-21(27)24(16)28)13-19(25(33)34)15-23(32)30-9-7-20(8-10-30)31-11-6-18-4-2-3-5-22(18)29-26(31)35/h2-5,12,14,19-20H,6-11,13,15,28H2,1H3,(H,29,35)(H,33,34)/t19-/m0/s1. The third-order valence-electron chi connectivity index (χ3n) is 7.05. The van der Waals surface area contributed by atoms with Crippen molar-refractivity contribution in [2.24, 2.45) is 5.92 Å². The zero-order valence-corrected chi connectivity index (χ0v) is 20.6. The Labute approximate surface area is 210 Å². The molecule has 1 atom stereocenters. The zero-order chi connectivity index (χ0) is 25.1. The second-order valence-electron chi connectivity index (χ2n) is 9.39. The van der Waals surface area contributed by atoms with Crippen LogP contribution in [-0.4, -0.2) is 58.5 Å². The van der Waals surface area contributed by atoms with E-state index in [2.05, 4.69) is 5.32 Å². The molecule has 186 valence electrons. The van der Waals surface area contributed by atoms with Gasteiger partial charge in [0.15, 0.2) is 0 Å². The van der Waals surface area contributed by atoms with Crippen molar-refractivity contribution in [3.8, 4) is 0 Å². The minimum Gasteiger partial charge on any atom is -0.481 e. The second kappa shape index (κ2) is 10.6. The number of carbonyl (C=O) groups is 3. The van der Waals surface area contributed by atoms with Crippen LogP contribution in [0.4, 0.5) is 16.2 Å². The molecule has 0 unspecified atom stereocenters. The first-order valence-corrected chi connectivity index (χ1v) is 12.3. The van der Waals surface area contributed by atoms with E-state index in [4.69, 9.17) is 17.3 Å². The highest BCUT2D eigenvalue weighted by atomic mass is 35.5. The van der Waals surface area contributed by atoms with E-state index in [-0.39, 0.29) is 30.8 Å². The number of nitrogens with one attached hydrogen (secondary N) is 1. The number of nitrogens with zero attached hydrogens (tertiary/aromatic N) is 2. The number of anilines is 2. The van der Waals surface area contributed by atoms with E-state index in [1.807, 2.05) is 42.2 Å². The maximum absolute atomic E-state index is 13.0. The molecular weight excluding hydrogens is 468 g/mol. The lowest BCUT2D eigenvalue weighted by Crippen LogP contribution is -2.50. The number of benzene rings is 2. The molecule has 2 aliphatic rings. The topological polar surface area (TPSA) is 116 Å². The van der Waals surface area contributed by atoms with Crippen LogP contribution in [0.1, 0.15) is 36.0 Å². The SMILES string of the molecule is Cc1cc(C[C@@H](CC(=O)N2CCC(N3CCc4ccccc4NC3=O)CC2)C(=O)O)cc(Cl)c1N. The molecule has 0 radical (unpaired) electrons. The number of piperidine rings is 1. The number of fused-ring (bicyclic) bond motifs is 1. The van der Waals surface area contributed by atoms with E-state index in [9.17, 15) is 19.5 Å². The van der Waals surface area contributed by atoms with Crippen molar-refractivity contribution < 1.29 is 19.5 Å². The van der Waals surface area contributed by atoms with Gasteiger partial charge in [-0.3, -0.25) is 9.59 Å². The number of carbonyl (C=O) groups excluding carboxylic acids is 2. The number of urea groups is 1. The predicted octanol–water partition coefficient (Wildman–Crippen LogP) is 3.95. The van der Waals surface area contributed by atoms with Crippen LogP contribution in [0.15, 0.2) is 36.4 Å². The van der Waals surface area contributed by atoms with Crippen LogP contribution < -0.4 is 11.1 Å². The van der Waals surface area contributed by atoms with Gasteiger partial charge >= 0.3 is 12.0 Å². The molecule has 0 aromatic heterocycles. The smallest absolute Gasteiger partial charge is 0.322 e. The number of hydrogen-bond donors (Lipinski definition) is 3. The highest BCUT2D eigenvalue weighted by Gasteiger charge is 2.32. The number of para-hydroxylation sites is 1. The Morgan fingerprint density at radius 3 is 2.60 bits per heavy atom. The summed E-state index contributed by atoms with van der Waals surface area (Å²) in [4.78, 5) is 41.3. The number of carboxylic acids is 1. The van der Waals surface area contributed by atoms with Crippen LogP contribution in [-0.2, 0) is 22.4 Å². The number of carboxylic acid groups (broad SMARTS) is 1. The van der Waals surface area contributed by atoms with E-state index < -0.39 is 11.9 Å². The van der Waals surface area contributed by atoms with Crippen molar-refractivity contribution >= 4 is 40.9 Å². The lowest BCUT2D eigenvalue weighted by atomic mass is 9.93. The monoisotopic (exact) mass is 498 g/mol. The van der Waals surface area contributed by atoms with Crippen LogP contribution in [0.5, 0.6) is 0 Å². The van der Waals surface area contributed by atoms with Crippen molar-refractivity contribution in [3.63, 3.8) is 0 Å². The Kier molecular flexibility index (Phi) is 7.50. The number of amides is 3. The van der Waals surface area contributed by atoms with Gasteiger partial charge in [0, 0.05) is 37.8 Å². The van der Waals surface area contributed by atoms with E-state index in [0.717, 1.165) is 28.8 Å². The van der Waals surface area contributed by atoms with Gasteiger partial charge in [0.05, 0.1) is 16.6 Å². The first-order chi connectivity index (χ1) is 16.7.